The quantitative estimate of drug-likeness (QED) is 0.662. The maximum absolute atomic E-state index is 13.1. The van der Waals surface area contributed by atoms with Crippen LogP contribution in [0.3, 0.4) is 0 Å². The number of carbonyl (C=O) groups excluding carboxylic acids is 3. The lowest BCUT2D eigenvalue weighted by atomic mass is 9.96. The zero-order valence-corrected chi connectivity index (χ0v) is 18.9. The minimum atomic E-state index is -0.199. The van der Waals surface area contributed by atoms with Gasteiger partial charge in [-0.3, -0.25) is 14.4 Å². The molecule has 0 spiro atoms. The van der Waals surface area contributed by atoms with Crippen molar-refractivity contribution in [3.63, 3.8) is 0 Å². The van der Waals surface area contributed by atoms with Gasteiger partial charge in [-0.05, 0) is 31.9 Å². The summed E-state index contributed by atoms with van der Waals surface area (Å²) in [6.07, 6.45) is 1.88. The summed E-state index contributed by atoms with van der Waals surface area (Å²) < 4.78 is 10.7. The number of carbonyl (C=O) groups is 3. The van der Waals surface area contributed by atoms with E-state index in [2.05, 4.69) is 5.16 Å². The van der Waals surface area contributed by atoms with E-state index in [4.69, 9.17) is 9.26 Å². The largest absolute Gasteiger partial charge is 0.493 e. The Morgan fingerprint density at radius 3 is 2.45 bits per heavy atom. The molecule has 1 unspecified atom stereocenters. The molecule has 4 rings (SSSR count). The third-order valence-electron chi connectivity index (χ3n) is 6.17. The first-order valence-corrected chi connectivity index (χ1v) is 11.5. The Kier molecular flexibility index (Phi) is 7.26. The molecule has 1 aromatic heterocycles. The van der Waals surface area contributed by atoms with Crippen molar-refractivity contribution in [3.05, 3.63) is 47.9 Å². The van der Waals surface area contributed by atoms with Gasteiger partial charge in [-0.1, -0.05) is 23.4 Å². The number of aryl methyl sites for hydroxylation is 1. The van der Waals surface area contributed by atoms with Crippen molar-refractivity contribution < 1.29 is 23.6 Å². The van der Waals surface area contributed by atoms with E-state index in [0.717, 1.165) is 18.6 Å². The van der Waals surface area contributed by atoms with Crippen molar-refractivity contribution in [2.75, 3.05) is 45.9 Å². The number of nitrogens with zero attached hydrogens (tertiary/aromatic N) is 4. The van der Waals surface area contributed by atoms with E-state index in [-0.39, 0.29) is 35.8 Å². The molecule has 0 N–H and O–H groups in total. The fourth-order valence-corrected chi connectivity index (χ4v) is 4.34. The zero-order chi connectivity index (χ0) is 23.2. The number of benzene rings is 1. The second-order valence-electron chi connectivity index (χ2n) is 8.54. The van der Waals surface area contributed by atoms with E-state index in [9.17, 15) is 14.4 Å². The average molecular weight is 455 g/mol. The fraction of sp³-hybridized carbons (Fsp3) is 0.500. The molecule has 2 fully saturated rings. The van der Waals surface area contributed by atoms with Gasteiger partial charge in [0.2, 0.25) is 17.6 Å². The van der Waals surface area contributed by atoms with Crippen LogP contribution in [-0.2, 0) is 9.59 Å². The van der Waals surface area contributed by atoms with Crippen LogP contribution in [0, 0.1) is 12.8 Å². The number of amides is 3. The molecule has 0 bridgehead atoms. The molecule has 0 aliphatic carbocycles. The molecule has 2 aromatic rings. The van der Waals surface area contributed by atoms with Crippen molar-refractivity contribution in [3.8, 4) is 5.75 Å². The lowest BCUT2D eigenvalue weighted by Crippen LogP contribution is -2.54. The predicted molar refractivity (Wildman–Crippen MR) is 120 cm³/mol. The molecule has 3 heterocycles. The van der Waals surface area contributed by atoms with Crippen molar-refractivity contribution in [2.45, 2.75) is 26.2 Å². The average Bonchev–Trinajstić information content (AvgIpc) is 3.30. The minimum Gasteiger partial charge on any atom is -0.493 e. The standard InChI is InChI=1S/C24H30N4O5/c1-18-16-21(33-25-18)24(31)27-13-11-26(12-14-27)23(30)19-6-5-10-28(17-19)22(29)9-15-32-20-7-3-2-4-8-20/h2-4,7-8,16,19H,5-6,9-15,17H2,1H3. The Balaban J connectivity index is 1.23. The highest BCUT2D eigenvalue weighted by molar-refractivity contribution is 5.91. The van der Waals surface area contributed by atoms with Crippen molar-refractivity contribution in [1.29, 1.82) is 0 Å². The first-order valence-electron chi connectivity index (χ1n) is 11.5. The number of piperazine rings is 1. The monoisotopic (exact) mass is 454 g/mol. The lowest BCUT2D eigenvalue weighted by Gasteiger charge is -2.38. The van der Waals surface area contributed by atoms with Crippen LogP contribution in [0.25, 0.3) is 0 Å². The lowest BCUT2D eigenvalue weighted by molar-refractivity contribution is -0.142. The molecule has 9 heteroatoms. The van der Waals surface area contributed by atoms with Gasteiger partial charge in [0.15, 0.2) is 0 Å². The van der Waals surface area contributed by atoms with Gasteiger partial charge in [-0.25, -0.2) is 0 Å². The van der Waals surface area contributed by atoms with Crippen LogP contribution in [0.2, 0.25) is 0 Å². The molecular weight excluding hydrogens is 424 g/mol. The van der Waals surface area contributed by atoms with Crippen molar-refractivity contribution >= 4 is 17.7 Å². The van der Waals surface area contributed by atoms with Crippen molar-refractivity contribution in [1.82, 2.24) is 19.9 Å². The number of hydrogen-bond donors (Lipinski definition) is 0. The summed E-state index contributed by atoms with van der Waals surface area (Å²) in [6, 6.07) is 11.0. The molecule has 1 aromatic carbocycles. The van der Waals surface area contributed by atoms with E-state index in [0.29, 0.717) is 51.6 Å². The Morgan fingerprint density at radius 1 is 1.03 bits per heavy atom. The maximum Gasteiger partial charge on any atom is 0.292 e. The van der Waals surface area contributed by atoms with Crippen LogP contribution in [0.4, 0.5) is 0 Å². The summed E-state index contributed by atoms with van der Waals surface area (Å²) in [4.78, 5) is 43.6. The summed E-state index contributed by atoms with van der Waals surface area (Å²) in [6.45, 7) is 5.07. The molecule has 0 radical (unpaired) electrons. The number of para-hydroxylation sites is 1. The SMILES string of the molecule is Cc1cc(C(=O)N2CCN(C(=O)C3CCCN(C(=O)CCOc4ccccc4)C3)CC2)on1. The van der Waals surface area contributed by atoms with Gasteiger partial charge < -0.3 is 24.0 Å². The summed E-state index contributed by atoms with van der Waals surface area (Å²) in [5, 5.41) is 3.77. The number of aromatic nitrogens is 1. The van der Waals surface area contributed by atoms with Crippen LogP contribution in [0.15, 0.2) is 40.9 Å². The summed E-state index contributed by atoms with van der Waals surface area (Å²) in [7, 11) is 0. The summed E-state index contributed by atoms with van der Waals surface area (Å²) >= 11 is 0. The number of rotatable bonds is 6. The van der Waals surface area contributed by atoms with E-state index < -0.39 is 0 Å². The smallest absolute Gasteiger partial charge is 0.292 e. The highest BCUT2D eigenvalue weighted by atomic mass is 16.5. The Labute approximate surface area is 193 Å². The third kappa shape index (κ3) is 5.71. The number of piperidine rings is 1. The van der Waals surface area contributed by atoms with Gasteiger partial charge in [0.1, 0.15) is 5.75 Å². The maximum atomic E-state index is 13.1. The molecule has 9 nitrogen and oxygen atoms in total. The minimum absolute atomic E-state index is 0.0150. The molecule has 176 valence electrons. The van der Waals surface area contributed by atoms with Crippen LogP contribution >= 0.6 is 0 Å². The number of hydrogen-bond acceptors (Lipinski definition) is 6. The summed E-state index contributed by atoms with van der Waals surface area (Å²) in [5.74, 6) is 0.654. The molecule has 3 amide bonds. The number of ether oxygens (including phenoxy) is 1. The number of likely N-dealkylation sites (tertiary alicyclic amines) is 1. The van der Waals surface area contributed by atoms with Gasteiger partial charge in [0.05, 0.1) is 24.6 Å². The van der Waals surface area contributed by atoms with Crippen molar-refractivity contribution in [2.24, 2.45) is 5.92 Å². The van der Waals surface area contributed by atoms with Gasteiger partial charge >= 0.3 is 0 Å². The Morgan fingerprint density at radius 2 is 1.76 bits per heavy atom. The highest BCUT2D eigenvalue weighted by Gasteiger charge is 2.33. The first-order chi connectivity index (χ1) is 16.0. The van der Waals surface area contributed by atoms with Crippen LogP contribution in [-0.4, -0.2) is 83.5 Å². The van der Waals surface area contributed by atoms with Crippen LogP contribution < -0.4 is 4.74 Å². The van der Waals surface area contributed by atoms with E-state index >= 15 is 0 Å². The van der Waals surface area contributed by atoms with Gasteiger partial charge in [0.25, 0.3) is 5.91 Å². The topological polar surface area (TPSA) is 96.2 Å². The molecule has 0 saturated carbocycles. The fourth-order valence-electron chi connectivity index (χ4n) is 4.34. The van der Waals surface area contributed by atoms with E-state index in [1.807, 2.05) is 35.2 Å². The normalized spacial score (nSPS) is 18.8. The molecule has 33 heavy (non-hydrogen) atoms. The van der Waals surface area contributed by atoms with E-state index in [1.54, 1.807) is 22.8 Å². The van der Waals surface area contributed by atoms with Gasteiger partial charge in [0, 0.05) is 45.3 Å². The van der Waals surface area contributed by atoms with Gasteiger partial charge in [-0.15, -0.1) is 0 Å². The molecule has 2 aliphatic rings. The second kappa shape index (κ2) is 10.5. The van der Waals surface area contributed by atoms with Gasteiger partial charge in [-0.2, -0.15) is 0 Å². The third-order valence-corrected chi connectivity index (χ3v) is 6.17. The Bertz CT molecular complexity index is 968. The second-order valence-corrected chi connectivity index (χ2v) is 8.54. The molecule has 1 atom stereocenters. The zero-order valence-electron chi connectivity index (χ0n) is 18.9. The van der Waals surface area contributed by atoms with Crippen LogP contribution in [0.5, 0.6) is 5.75 Å². The van der Waals surface area contributed by atoms with Crippen LogP contribution in [0.1, 0.15) is 35.5 Å². The highest BCUT2D eigenvalue weighted by Crippen LogP contribution is 2.21. The Hall–Kier alpha value is -3.36. The first kappa shape index (κ1) is 22.8. The molecule has 2 saturated heterocycles. The molecular formula is C24H30N4O5. The predicted octanol–water partition coefficient (Wildman–Crippen LogP) is 1.98. The van der Waals surface area contributed by atoms with E-state index in [1.165, 1.54) is 0 Å². The summed E-state index contributed by atoms with van der Waals surface area (Å²) in [5.41, 5.74) is 0.662. The molecule has 2 aliphatic heterocycles.